The lowest BCUT2D eigenvalue weighted by atomic mass is 10.1. The highest BCUT2D eigenvalue weighted by molar-refractivity contribution is 5.58. The summed E-state index contributed by atoms with van der Waals surface area (Å²) in [5.74, 6) is 1.67. The lowest BCUT2D eigenvalue weighted by Crippen LogP contribution is -2.17. The average Bonchev–Trinajstić information content (AvgIpc) is 2.98. The zero-order chi connectivity index (χ0) is 13.4. The normalized spacial score (nSPS) is 16.6. The minimum atomic E-state index is 0.447. The van der Waals surface area contributed by atoms with Gasteiger partial charge in [-0.3, -0.25) is 4.40 Å². The van der Waals surface area contributed by atoms with Crippen LogP contribution in [0.1, 0.15) is 56.8 Å². The lowest BCUT2D eigenvalue weighted by Gasteiger charge is -2.16. The topological polar surface area (TPSA) is 29.3 Å². The smallest absolute Gasteiger partial charge is 0.138 e. The van der Waals surface area contributed by atoms with Crippen molar-refractivity contribution >= 4 is 11.5 Å². The fraction of sp³-hybridized carbons (Fsp3) is 0.562. The maximum absolute atomic E-state index is 4.82. The molecule has 2 heterocycles. The number of anilines is 1. The monoisotopic (exact) mass is 257 g/mol. The number of rotatable bonds is 3. The fourth-order valence-corrected chi connectivity index (χ4v) is 3.08. The number of fused-ring (bicyclic) bond motifs is 1. The van der Waals surface area contributed by atoms with Crippen LogP contribution in [0.2, 0.25) is 0 Å². The van der Waals surface area contributed by atoms with Crippen LogP contribution < -0.4 is 5.32 Å². The van der Waals surface area contributed by atoms with E-state index in [1.165, 1.54) is 42.9 Å². The molecule has 0 aliphatic heterocycles. The molecule has 3 heteroatoms. The van der Waals surface area contributed by atoms with Crippen molar-refractivity contribution in [3.63, 3.8) is 0 Å². The van der Waals surface area contributed by atoms with E-state index in [4.69, 9.17) is 4.98 Å². The van der Waals surface area contributed by atoms with Crippen molar-refractivity contribution in [1.82, 2.24) is 9.38 Å². The molecular formula is C16H23N3. The summed E-state index contributed by atoms with van der Waals surface area (Å²) in [7, 11) is 0. The Bertz CT molecular complexity index is 577. The largest absolute Gasteiger partial charge is 0.367 e. The molecule has 0 amide bonds. The second kappa shape index (κ2) is 4.87. The molecule has 2 aromatic heterocycles. The van der Waals surface area contributed by atoms with E-state index in [1.54, 1.807) is 0 Å². The first-order valence-corrected chi connectivity index (χ1v) is 7.41. The molecule has 3 rings (SSSR count). The molecule has 102 valence electrons. The van der Waals surface area contributed by atoms with E-state index < -0.39 is 0 Å². The Labute approximate surface area is 115 Å². The molecule has 1 N–H and O–H groups in total. The third-order valence-electron chi connectivity index (χ3n) is 4.11. The molecule has 19 heavy (non-hydrogen) atoms. The fourth-order valence-electron chi connectivity index (χ4n) is 3.08. The molecule has 0 spiro atoms. The SMILES string of the molecule is Cc1cccc2nc(C(C)C)c(NC3CCCC3)n12. The molecule has 0 unspecified atom stereocenters. The highest BCUT2D eigenvalue weighted by Gasteiger charge is 2.21. The highest BCUT2D eigenvalue weighted by atomic mass is 15.2. The summed E-state index contributed by atoms with van der Waals surface area (Å²) < 4.78 is 2.27. The molecule has 0 saturated heterocycles. The standard InChI is InChI=1S/C16H23N3/c1-11(2)15-16(17-13-8-4-5-9-13)19-12(3)7-6-10-14(19)18-15/h6-7,10-11,13,17H,4-5,8-9H2,1-3H3. The molecule has 0 aromatic carbocycles. The molecule has 0 radical (unpaired) electrons. The minimum Gasteiger partial charge on any atom is -0.367 e. The van der Waals surface area contributed by atoms with Crippen LogP contribution in [0, 0.1) is 6.92 Å². The number of imidazole rings is 1. The molecule has 0 bridgehead atoms. The van der Waals surface area contributed by atoms with Crippen LogP contribution in [0.25, 0.3) is 5.65 Å². The Morgan fingerprint density at radius 2 is 2.00 bits per heavy atom. The van der Waals surface area contributed by atoms with Gasteiger partial charge in [-0.1, -0.05) is 32.8 Å². The first-order chi connectivity index (χ1) is 9.16. The summed E-state index contributed by atoms with van der Waals surface area (Å²) in [6.07, 6.45) is 5.28. The van der Waals surface area contributed by atoms with Gasteiger partial charge in [0.25, 0.3) is 0 Å². The third-order valence-corrected chi connectivity index (χ3v) is 4.11. The van der Waals surface area contributed by atoms with Crippen LogP contribution in [0.3, 0.4) is 0 Å². The zero-order valence-electron chi connectivity index (χ0n) is 12.1. The van der Waals surface area contributed by atoms with Crippen molar-refractivity contribution in [3.8, 4) is 0 Å². The molecule has 1 fully saturated rings. The Balaban J connectivity index is 2.09. The predicted octanol–water partition coefficient (Wildman–Crippen LogP) is 4.12. The van der Waals surface area contributed by atoms with Crippen molar-refractivity contribution in [2.75, 3.05) is 5.32 Å². The Morgan fingerprint density at radius 3 is 2.68 bits per heavy atom. The van der Waals surface area contributed by atoms with Gasteiger partial charge >= 0.3 is 0 Å². The second-order valence-corrected chi connectivity index (χ2v) is 5.99. The van der Waals surface area contributed by atoms with Gasteiger partial charge < -0.3 is 5.32 Å². The number of nitrogens with zero attached hydrogens (tertiary/aromatic N) is 2. The number of hydrogen-bond donors (Lipinski definition) is 1. The molecule has 0 atom stereocenters. The van der Waals surface area contributed by atoms with Gasteiger partial charge in [-0.05, 0) is 37.8 Å². The lowest BCUT2D eigenvalue weighted by molar-refractivity contribution is 0.739. The summed E-state index contributed by atoms with van der Waals surface area (Å²) in [6.45, 7) is 6.59. The van der Waals surface area contributed by atoms with Crippen molar-refractivity contribution in [3.05, 3.63) is 29.6 Å². The van der Waals surface area contributed by atoms with Crippen molar-refractivity contribution < 1.29 is 0 Å². The molecular weight excluding hydrogens is 234 g/mol. The third kappa shape index (κ3) is 2.22. The van der Waals surface area contributed by atoms with Crippen LogP contribution in [0.5, 0.6) is 0 Å². The molecule has 2 aromatic rings. The number of aryl methyl sites for hydroxylation is 1. The summed E-state index contributed by atoms with van der Waals surface area (Å²) in [6, 6.07) is 6.95. The Kier molecular flexibility index (Phi) is 3.21. The molecule has 3 nitrogen and oxygen atoms in total. The van der Waals surface area contributed by atoms with E-state index in [-0.39, 0.29) is 0 Å². The number of pyridine rings is 1. The number of hydrogen-bond acceptors (Lipinski definition) is 2. The van der Waals surface area contributed by atoms with Gasteiger partial charge in [-0.15, -0.1) is 0 Å². The van der Waals surface area contributed by atoms with Crippen molar-refractivity contribution in [2.45, 2.75) is 58.4 Å². The minimum absolute atomic E-state index is 0.447. The Morgan fingerprint density at radius 1 is 1.26 bits per heavy atom. The number of nitrogens with one attached hydrogen (secondary N) is 1. The molecule has 1 saturated carbocycles. The summed E-state index contributed by atoms with van der Waals surface area (Å²) in [5, 5.41) is 3.76. The van der Waals surface area contributed by atoms with E-state index in [9.17, 15) is 0 Å². The summed E-state index contributed by atoms with van der Waals surface area (Å²) in [4.78, 5) is 4.82. The number of aromatic nitrogens is 2. The van der Waals surface area contributed by atoms with Crippen LogP contribution in [0.4, 0.5) is 5.82 Å². The maximum atomic E-state index is 4.82. The average molecular weight is 257 g/mol. The second-order valence-electron chi connectivity index (χ2n) is 5.99. The van der Waals surface area contributed by atoms with Gasteiger partial charge in [0.05, 0.1) is 5.69 Å². The van der Waals surface area contributed by atoms with E-state index >= 15 is 0 Å². The first-order valence-electron chi connectivity index (χ1n) is 7.41. The quantitative estimate of drug-likeness (QED) is 0.896. The van der Waals surface area contributed by atoms with Gasteiger partial charge in [0.15, 0.2) is 0 Å². The van der Waals surface area contributed by atoms with Gasteiger partial charge in [-0.2, -0.15) is 0 Å². The molecule has 1 aliphatic rings. The van der Waals surface area contributed by atoms with Crippen molar-refractivity contribution in [2.24, 2.45) is 0 Å². The summed E-state index contributed by atoms with van der Waals surface area (Å²) >= 11 is 0. The van der Waals surface area contributed by atoms with Gasteiger partial charge in [0.2, 0.25) is 0 Å². The first kappa shape index (κ1) is 12.5. The Hall–Kier alpha value is -1.51. The predicted molar refractivity (Wildman–Crippen MR) is 79.9 cm³/mol. The summed E-state index contributed by atoms with van der Waals surface area (Å²) in [5.41, 5.74) is 3.50. The maximum Gasteiger partial charge on any atom is 0.138 e. The van der Waals surface area contributed by atoms with Gasteiger partial charge in [-0.25, -0.2) is 4.98 Å². The van der Waals surface area contributed by atoms with Gasteiger partial charge in [0.1, 0.15) is 11.5 Å². The van der Waals surface area contributed by atoms with Crippen LogP contribution >= 0.6 is 0 Å². The highest BCUT2D eigenvalue weighted by Crippen LogP contribution is 2.30. The van der Waals surface area contributed by atoms with E-state index in [2.05, 4.69) is 48.7 Å². The van der Waals surface area contributed by atoms with Crippen molar-refractivity contribution in [1.29, 1.82) is 0 Å². The molecule has 1 aliphatic carbocycles. The zero-order valence-corrected chi connectivity index (χ0v) is 12.1. The van der Waals surface area contributed by atoms with E-state index in [0.717, 1.165) is 5.65 Å². The van der Waals surface area contributed by atoms with E-state index in [1.807, 2.05) is 0 Å². The van der Waals surface area contributed by atoms with Crippen LogP contribution in [-0.2, 0) is 0 Å². The van der Waals surface area contributed by atoms with Crippen LogP contribution in [0.15, 0.2) is 18.2 Å². The van der Waals surface area contributed by atoms with E-state index in [0.29, 0.717) is 12.0 Å². The van der Waals surface area contributed by atoms with Gasteiger partial charge in [0, 0.05) is 11.7 Å². The van der Waals surface area contributed by atoms with Crippen LogP contribution in [-0.4, -0.2) is 15.4 Å².